The smallest absolute Gasteiger partial charge is 0.307 e. The average Bonchev–Trinajstić information content (AvgIpc) is 2.23. The lowest BCUT2D eigenvalue weighted by Gasteiger charge is -2.08. The van der Waals surface area contributed by atoms with Crippen molar-refractivity contribution >= 4 is 29.2 Å². The first-order valence-corrected chi connectivity index (χ1v) is 4.99. The molecular weight excluding hydrogens is 235 g/mol. The first-order valence-electron chi connectivity index (χ1n) is 4.46. The van der Waals surface area contributed by atoms with Gasteiger partial charge >= 0.3 is 6.03 Å². The molecule has 1 rings (SSSR count). The van der Waals surface area contributed by atoms with E-state index >= 15 is 0 Å². The number of rotatable bonds is 2. The maximum Gasteiger partial charge on any atom is 0.325 e. The lowest BCUT2D eigenvalue weighted by Crippen LogP contribution is -2.35. The summed E-state index contributed by atoms with van der Waals surface area (Å²) in [4.78, 5) is 22.0. The highest BCUT2D eigenvalue weighted by molar-refractivity contribution is 6.28. The first kappa shape index (κ1) is 12.4. The molecule has 86 valence electrons. The van der Waals surface area contributed by atoms with Gasteiger partial charge in [-0.05, 0) is 24.6 Å². The normalized spacial score (nSPS) is 9.69. The molecule has 16 heavy (non-hydrogen) atoms. The molecule has 0 saturated carbocycles. The Morgan fingerprint density at radius 2 is 2.12 bits per heavy atom. The highest BCUT2D eigenvalue weighted by atomic mass is 35.5. The molecule has 2 N–H and O–H groups in total. The monoisotopic (exact) mass is 244 g/mol. The van der Waals surface area contributed by atoms with Gasteiger partial charge < -0.3 is 5.32 Å². The van der Waals surface area contributed by atoms with Crippen molar-refractivity contribution in [2.24, 2.45) is 0 Å². The minimum Gasteiger partial charge on any atom is -0.307 e. The van der Waals surface area contributed by atoms with E-state index in [0.29, 0.717) is 11.3 Å². The van der Waals surface area contributed by atoms with Gasteiger partial charge in [0.1, 0.15) is 11.7 Å². The minimum atomic E-state index is -0.737. The molecule has 0 aliphatic heterocycles. The van der Waals surface area contributed by atoms with E-state index in [0.717, 1.165) is 0 Å². The van der Waals surface area contributed by atoms with Crippen LogP contribution in [-0.2, 0) is 4.79 Å². The van der Waals surface area contributed by atoms with E-state index < -0.39 is 17.8 Å². The molecule has 3 amide bonds. The number of benzene rings is 1. The molecule has 0 radical (unpaired) electrons. The number of halogens is 2. The number of carbonyl (C=O) groups excluding carboxylic acids is 2. The van der Waals surface area contributed by atoms with Gasteiger partial charge in [-0.2, -0.15) is 0 Å². The highest BCUT2D eigenvalue weighted by Gasteiger charge is 2.08. The van der Waals surface area contributed by atoms with E-state index in [1.165, 1.54) is 18.2 Å². The number of hydrogen-bond donors (Lipinski definition) is 2. The number of urea groups is 1. The molecular formula is C10H10ClFN2O2. The first-order chi connectivity index (χ1) is 7.52. The molecule has 0 aliphatic rings. The predicted molar refractivity (Wildman–Crippen MR) is 59.0 cm³/mol. The lowest BCUT2D eigenvalue weighted by atomic mass is 10.2. The Morgan fingerprint density at radius 1 is 1.44 bits per heavy atom. The van der Waals surface area contributed by atoms with Crippen molar-refractivity contribution in [3.8, 4) is 0 Å². The minimum absolute atomic E-state index is 0.305. The summed E-state index contributed by atoms with van der Waals surface area (Å²) in [5.41, 5.74) is 0.995. The number of aryl methyl sites for hydroxylation is 1. The van der Waals surface area contributed by atoms with Crippen molar-refractivity contribution in [3.63, 3.8) is 0 Å². The molecule has 0 bridgehead atoms. The zero-order valence-corrected chi connectivity index (χ0v) is 9.27. The van der Waals surface area contributed by atoms with Crippen LogP contribution in [0.25, 0.3) is 0 Å². The summed E-state index contributed by atoms with van der Waals surface area (Å²) in [6.07, 6.45) is 0. The van der Waals surface area contributed by atoms with Crippen LogP contribution in [0.3, 0.4) is 0 Å². The molecule has 0 atom stereocenters. The molecule has 6 heteroatoms. The fraction of sp³-hybridized carbons (Fsp3) is 0.200. The van der Waals surface area contributed by atoms with Crippen molar-refractivity contribution in [1.29, 1.82) is 0 Å². The molecule has 0 unspecified atom stereocenters. The van der Waals surface area contributed by atoms with Crippen molar-refractivity contribution in [1.82, 2.24) is 5.32 Å². The van der Waals surface area contributed by atoms with Crippen LogP contribution in [0.15, 0.2) is 18.2 Å². The quantitative estimate of drug-likeness (QED) is 0.782. The molecule has 0 fully saturated rings. The van der Waals surface area contributed by atoms with Crippen LogP contribution in [0.5, 0.6) is 0 Å². The van der Waals surface area contributed by atoms with Gasteiger partial charge in [0, 0.05) is 5.69 Å². The summed E-state index contributed by atoms with van der Waals surface area (Å²) in [6.45, 7) is 1.71. The van der Waals surface area contributed by atoms with Crippen LogP contribution in [0.1, 0.15) is 5.56 Å². The van der Waals surface area contributed by atoms with Crippen LogP contribution in [0, 0.1) is 12.7 Å². The number of imide groups is 1. The number of nitrogens with one attached hydrogen (secondary N) is 2. The summed E-state index contributed by atoms with van der Waals surface area (Å²) in [5, 5.41) is 4.33. The second-order valence-corrected chi connectivity index (χ2v) is 3.36. The Kier molecular flexibility index (Phi) is 4.25. The number of amides is 3. The highest BCUT2D eigenvalue weighted by Crippen LogP contribution is 2.15. The summed E-state index contributed by atoms with van der Waals surface area (Å²) in [7, 11) is 0. The number of alkyl halides is 1. The number of carbonyl (C=O) groups is 2. The summed E-state index contributed by atoms with van der Waals surface area (Å²) in [5.74, 6) is -1.40. The molecule has 0 heterocycles. The van der Waals surface area contributed by atoms with Crippen LogP contribution in [-0.4, -0.2) is 17.8 Å². The summed E-state index contributed by atoms with van der Waals surface area (Å²) >= 11 is 5.20. The zero-order valence-electron chi connectivity index (χ0n) is 8.51. The van der Waals surface area contributed by atoms with Crippen molar-refractivity contribution in [2.45, 2.75) is 6.92 Å². The topological polar surface area (TPSA) is 58.2 Å². The maximum absolute atomic E-state index is 12.9. The van der Waals surface area contributed by atoms with Gasteiger partial charge in [0.05, 0.1) is 0 Å². The molecule has 1 aromatic carbocycles. The van der Waals surface area contributed by atoms with Crippen molar-refractivity contribution < 1.29 is 14.0 Å². The molecule has 0 aliphatic carbocycles. The third kappa shape index (κ3) is 3.51. The Hall–Kier alpha value is -1.62. The Morgan fingerprint density at radius 3 is 2.75 bits per heavy atom. The van der Waals surface area contributed by atoms with Gasteiger partial charge in [0.25, 0.3) is 0 Å². The van der Waals surface area contributed by atoms with E-state index in [1.54, 1.807) is 6.92 Å². The fourth-order valence-electron chi connectivity index (χ4n) is 1.04. The summed E-state index contributed by atoms with van der Waals surface area (Å²) in [6, 6.07) is 3.23. The van der Waals surface area contributed by atoms with Gasteiger partial charge in [-0.15, -0.1) is 11.6 Å². The number of hydrogen-bond acceptors (Lipinski definition) is 2. The second-order valence-electron chi connectivity index (χ2n) is 3.10. The third-order valence-electron chi connectivity index (χ3n) is 1.82. The largest absolute Gasteiger partial charge is 0.325 e. The molecule has 0 aromatic heterocycles. The summed E-state index contributed by atoms with van der Waals surface area (Å²) < 4.78 is 12.9. The Bertz CT molecular complexity index is 423. The van der Waals surface area contributed by atoms with Gasteiger partial charge in [0.2, 0.25) is 5.91 Å². The van der Waals surface area contributed by atoms with Gasteiger partial charge in [-0.3, -0.25) is 10.1 Å². The third-order valence-corrected chi connectivity index (χ3v) is 2.06. The van der Waals surface area contributed by atoms with Crippen LogP contribution in [0.4, 0.5) is 14.9 Å². The second kappa shape index (κ2) is 5.46. The lowest BCUT2D eigenvalue weighted by molar-refractivity contribution is -0.117. The predicted octanol–water partition coefficient (Wildman–Crippen LogP) is 2.02. The van der Waals surface area contributed by atoms with E-state index in [9.17, 15) is 14.0 Å². The van der Waals surface area contributed by atoms with Gasteiger partial charge in [0.15, 0.2) is 0 Å². The molecule has 0 spiro atoms. The van der Waals surface area contributed by atoms with E-state index in [2.05, 4.69) is 5.32 Å². The molecule has 0 saturated heterocycles. The average molecular weight is 245 g/mol. The SMILES string of the molecule is Cc1ccc(F)cc1NC(=O)NC(=O)CCl. The fourth-order valence-corrected chi connectivity index (χ4v) is 1.11. The Balaban J connectivity index is 2.69. The van der Waals surface area contributed by atoms with Gasteiger partial charge in [-0.25, -0.2) is 9.18 Å². The van der Waals surface area contributed by atoms with E-state index in [-0.39, 0.29) is 5.88 Å². The van der Waals surface area contributed by atoms with Crippen LogP contribution < -0.4 is 10.6 Å². The van der Waals surface area contributed by atoms with Crippen LogP contribution in [0.2, 0.25) is 0 Å². The molecule has 1 aromatic rings. The zero-order chi connectivity index (χ0) is 12.1. The maximum atomic E-state index is 12.9. The van der Waals surface area contributed by atoms with E-state index in [1.807, 2.05) is 5.32 Å². The van der Waals surface area contributed by atoms with E-state index in [4.69, 9.17) is 11.6 Å². The number of anilines is 1. The van der Waals surface area contributed by atoms with Crippen molar-refractivity contribution in [3.05, 3.63) is 29.6 Å². The van der Waals surface area contributed by atoms with Gasteiger partial charge in [-0.1, -0.05) is 6.07 Å². The van der Waals surface area contributed by atoms with Crippen molar-refractivity contribution in [2.75, 3.05) is 11.2 Å². The molecule has 4 nitrogen and oxygen atoms in total. The van der Waals surface area contributed by atoms with Crippen LogP contribution >= 0.6 is 11.6 Å². The standard InChI is InChI=1S/C10H10ClFN2O2/c1-6-2-3-7(12)4-8(6)13-10(16)14-9(15)5-11/h2-4H,5H2,1H3,(H2,13,14,15,16). The Labute approximate surface area is 96.8 Å².